The number of hydrogen-bond acceptors (Lipinski definition) is 4. The van der Waals surface area contributed by atoms with Crippen LogP contribution in [0.25, 0.3) is 0 Å². The highest BCUT2D eigenvalue weighted by molar-refractivity contribution is 7.12. The summed E-state index contributed by atoms with van der Waals surface area (Å²) in [6.45, 7) is 0. The van der Waals surface area contributed by atoms with Crippen LogP contribution in [-0.2, 0) is 0 Å². The molecule has 2 aromatic rings. The number of ether oxygens (including phenoxy) is 2. The minimum absolute atomic E-state index is 0.144. The standard InChI is InChI=1S/C13H11ClO3S/c1-16-8-3-4-9(10(14)7-8)12(15)13-11(17-2)5-6-18-13/h3-7H,1-2H3. The Balaban J connectivity index is 2.40. The lowest BCUT2D eigenvalue weighted by Gasteiger charge is -2.06. The number of carbonyl (C=O) groups excluding carboxylic acids is 1. The van der Waals surface area contributed by atoms with Crippen LogP contribution in [0.15, 0.2) is 29.6 Å². The zero-order chi connectivity index (χ0) is 13.1. The van der Waals surface area contributed by atoms with E-state index in [0.29, 0.717) is 27.0 Å². The van der Waals surface area contributed by atoms with Crippen molar-refractivity contribution in [3.05, 3.63) is 45.1 Å². The Kier molecular flexibility index (Phi) is 3.89. The summed E-state index contributed by atoms with van der Waals surface area (Å²) in [5.74, 6) is 1.04. The summed E-state index contributed by atoms with van der Waals surface area (Å²) >= 11 is 7.41. The highest BCUT2D eigenvalue weighted by Gasteiger charge is 2.18. The van der Waals surface area contributed by atoms with Crippen LogP contribution >= 0.6 is 22.9 Å². The molecule has 0 bridgehead atoms. The van der Waals surface area contributed by atoms with Crippen molar-refractivity contribution < 1.29 is 14.3 Å². The fourth-order valence-corrected chi connectivity index (χ4v) is 2.62. The molecule has 0 spiro atoms. The topological polar surface area (TPSA) is 35.5 Å². The van der Waals surface area contributed by atoms with E-state index in [4.69, 9.17) is 21.1 Å². The normalized spacial score (nSPS) is 10.2. The summed E-state index contributed by atoms with van der Waals surface area (Å²) < 4.78 is 10.2. The number of ketones is 1. The summed E-state index contributed by atoms with van der Waals surface area (Å²) in [5, 5.41) is 2.18. The lowest BCUT2D eigenvalue weighted by atomic mass is 10.1. The molecule has 0 N–H and O–H groups in total. The maximum Gasteiger partial charge on any atom is 0.208 e. The third kappa shape index (κ3) is 2.35. The first-order chi connectivity index (χ1) is 8.67. The Labute approximate surface area is 114 Å². The molecule has 0 aliphatic rings. The number of benzene rings is 1. The Morgan fingerprint density at radius 2 is 2.00 bits per heavy atom. The quantitative estimate of drug-likeness (QED) is 0.803. The molecule has 0 aliphatic carbocycles. The zero-order valence-electron chi connectivity index (χ0n) is 9.90. The van der Waals surface area contributed by atoms with E-state index in [2.05, 4.69) is 0 Å². The van der Waals surface area contributed by atoms with E-state index in [0.717, 1.165) is 0 Å². The van der Waals surface area contributed by atoms with Gasteiger partial charge in [-0.1, -0.05) is 11.6 Å². The zero-order valence-corrected chi connectivity index (χ0v) is 11.5. The van der Waals surface area contributed by atoms with E-state index < -0.39 is 0 Å². The molecule has 2 rings (SSSR count). The van der Waals surface area contributed by atoms with Crippen molar-refractivity contribution in [3.8, 4) is 11.5 Å². The second-order valence-corrected chi connectivity index (χ2v) is 4.82. The minimum atomic E-state index is -0.144. The molecular formula is C13H11ClO3S. The Bertz CT molecular complexity index is 577. The lowest BCUT2D eigenvalue weighted by molar-refractivity contribution is 0.104. The van der Waals surface area contributed by atoms with E-state index in [1.807, 2.05) is 5.38 Å². The van der Waals surface area contributed by atoms with Gasteiger partial charge in [-0.25, -0.2) is 0 Å². The molecule has 0 aliphatic heterocycles. The van der Waals surface area contributed by atoms with Gasteiger partial charge in [0, 0.05) is 5.56 Å². The molecule has 0 unspecified atom stereocenters. The summed E-state index contributed by atoms with van der Waals surface area (Å²) in [4.78, 5) is 12.9. The SMILES string of the molecule is COc1ccc(C(=O)c2sccc2OC)c(Cl)c1. The van der Waals surface area contributed by atoms with E-state index in [-0.39, 0.29) is 5.78 Å². The van der Waals surface area contributed by atoms with Gasteiger partial charge in [0.1, 0.15) is 16.4 Å². The van der Waals surface area contributed by atoms with Gasteiger partial charge in [0.25, 0.3) is 0 Å². The molecular weight excluding hydrogens is 272 g/mol. The van der Waals surface area contributed by atoms with Crippen LogP contribution in [0.1, 0.15) is 15.2 Å². The number of carbonyl (C=O) groups is 1. The maximum absolute atomic E-state index is 12.3. The van der Waals surface area contributed by atoms with E-state index in [1.54, 1.807) is 31.4 Å². The average Bonchev–Trinajstić information content (AvgIpc) is 2.86. The maximum atomic E-state index is 12.3. The number of rotatable bonds is 4. The van der Waals surface area contributed by atoms with Gasteiger partial charge < -0.3 is 9.47 Å². The third-order valence-corrected chi connectivity index (χ3v) is 3.68. The van der Waals surface area contributed by atoms with Crippen molar-refractivity contribution in [2.24, 2.45) is 0 Å². The van der Waals surface area contributed by atoms with Crippen LogP contribution < -0.4 is 9.47 Å². The highest BCUT2D eigenvalue weighted by atomic mass is 35.5. The van der Waals surface area contributed by atoms with E-state index >= 15 is 0 Å². The van der Waals surface area contributed by atoms with Crippen LogP contribution in [0.4, 0.5) is 0 Å². The summed E-state index contributed by atoms with van der Waals surface area (Å²) in [6.07, 6.45) is 0. The van der Waals surface area contributed by atoms with Gasteiger partial charge in [0.2, 0.25) is 5.78 Å². The van der Waals surface area contributed by atoms with Crippen molar-refractivity contribution in [1.29, 1.82) is 0 Å². The van der Waals surface area contributed by atoms with Crippen LogP contribution in [0.3, 0.4) is 0 Å². The number of hydrogen-bond donors (Lipinski definition) is 0. The number of halogens is 1. The largest absolute Gasteiger partial charge is 0.497 e. The Hall–Kier alpha value is -1.52. The van der Waals surface area contributed by atoms with Crippen molar-refractivity contribution in [1.82, 2.24) is 0 Å². The number of methoxy groups -OCH3 is 2. The van der Waals surface area contributed by atoms with Gasteiger partial charge in [-0.2, -0.15) is 0 Å². The van der Waals surface area contributed by atoms with Gasteiger partial charge in [0.15, 0.2) is 0 Å². The summed E-state index contributed by atoms with van der Waals surface area (Å²) in [5.41, 5.74) is 0.443. The van der Waals surface area contributed by atoms with Gasteiger partial charge >= 0.3 is 0 Å². The third-order valence-electron chi connectivity index (χ3n) is 2.48. The second-order valence-electron chi connectivity index (χ2n) is 3.49. The first-order valence-corrected chi connectivity index (χ1v) is 6.43. The van der Waals surface area contributed by atoms with Crippen LogP contribution in [0.2, 0.25) is 5.02 Å². The van der Waals surface area contributed by atoms with E-state index in [9.17, 15) is 4.79 Å². The molecule has 0 atom stereocenters. The van der Waals surface area contributed by atoms with Crippen LogP contribution in [0, 0.1) is 0 Å². The molecule has 18 heavy (non-hydrogen) atoms. The van der Waals surface area contributed by atoms with Crippen molar-refractivity contribution in [3.63, 3.8) is 0 Å². The first kappa shape index (κ1) is 12.9. The molecule has 1 aromatic carbocycles. The van der Waals surface area contributed by atoms with Crippen LogP contribution in [-0.4, -0.2) is 20.0 Å². The summed E-state index contributed by atoms with van der Waals surface area (Å²) in [7, 11) is 3.09. The fraction of sp³-hybridized carbons (Fsp3) is 0.154. The van der Waals surface area contributed by atoms with Gasteiger partial charge in [0.05, 0.1) is 19.2 Å². The summed E-state index contributed by atoms with van der Waals surface area (Å²) in [6, 6.07) is 6.74. The average molecular weight is 283 g/mol. The molecule has 3 nitrogen and oxygen atoms in total. The molecule has 0 amide bonds. The smallest absolute Gasteiger partial charge is 0.208 e. The molecule has 0 saturated carbocycles. The molecule has 1 aromatic heterocycles. The van der Waals surface area contributed by atoms with Crippen molar-refractivity contribution in [2.75, 3.05) is 14.2 Å². The predicted molar refractivity (Wildman–Crippen MR) is 72.3 cm³/mol. The molecule has 0 radical (unpaired) electrons. The Morgan fingerprint density at radius 3 is 2.61 bits per heavy atom. The van der Waals surface area contributed by atoms with Crippen LogP contribution in [0.5, 0.6) is 11.5 Å². The Morgan fingerprint density at radius 1 is 1.22 bits per heavy atom. The molecule has 0 saturated heterocycles. The van der Waals surface area contributed by atoms with Gasteiger partial charge in [-0.15, -0.1) is 11.3 Å². The van der Waals surface area contributed by atoms with Crippen molar-refractivity contribution in [2.45, 2.75) is 0 Å². The first-order valence-electron chi connectivity index (χ1n) is 5.17. The molecule has 0 fully saturated rings. The minimum Gasteiger partial charge on any atom is -0.497 e. The lowest BCUT2D eigenvalue weighted by Crippen LogP contribution is -2.02. The molecule has 5 heteroatoms. The monoisotopic (exact) mass is 282 g/mol. The van der Waals surface area contributed by atoms with E-state index in [1.165, 1.54) is 18.4 Å². The molecule has 94 valence electrons. The molecule has 1 heterocycles. The van der Waals surface area contributed by atoms with Gasteiger partial charge in [-0.05, 0) is 29.6 Å². The van der Waals surface area contributed by atoms with Gasteiger partial charge in [-0.3, -0.25) is 4.79 Å². The highest BCUT2D eigenvalue weighted by Crippen LogP contribution is 2.31. The predicted octanol–water partition coefficient (Wildman–Crippen LogP) is 3.65. The number of thiophene rings is 1. The second kappa shape index (κ2) is 5.42. The fourth-order valence-electron chi connectivity index (χ4n) is 1.55. The van der Waals surface area contributed by atoms with Crippen molar-refractivity contribution >= 4 is 28.7 Å².